The van der Waals surface area contributed by atoms with Gasteiger partial charge in [0.25, 0.3) is 0 Å². The van der Waals surface area contributed by atoms with Gasteiger partial charge in [-0.3, -0.25) is 9.69 Å². The lowest BCUT2D eigenvalue weighted by atomic mass is 10.0. The third-order valence-corrected chi connectivity index (χ3v) is 3.23. The first kappa shape index (κ1) is 11.3. The number of rotatable bonds is 3. The largest absolute Gasteiger partial charge is 0.298 e. The molecule has 1 aliphatic heterocycles. The van der Waals surface area contributed by atoms with Crippen molar-refractivity contribution in [3.63, 3.8) is 0 Å². The van der Waals surface area contributed by atoms with Gasteiger partial charge in [0.2, 0.25) is 0 Å². The molecule has 1 aromatic carbocycles. The van der Waals surface area contributed by atoms with Gasteiger partial charge in [-0.05, 0) is 30.5 Å². The summed E-state index contributed by atoms with van der Waals surface area (Å²) in [6.45, 7) is 4.53. The van der Waals surface area contributed by atoms with Crippen LogP contribution in [0.2, 0.25) is 0 Å². The van der Waals surface area contributed by atoms with E-state index in [0.717, 1.165) is 25.9 Å². The number of benzene rings is 1. The molecule has 0 saturated carbocycles. The van der Waals surface area contributed by atoms with Crippen molar-refractivity contribution < 1.29 is 4.79 Å². The minimum atomic E-state index is 0.347. The topological polar surface area (TPSA) is 20.3 Å². The predicted molar refractivity (Wildman–Crippen MR) is 65.3 cm³/mol. The summed E-state index contributed by atoms with van der Waals surface area (Å²) >= 11 is 0. The number of hydrogen-bond donors (Lipinski definition) is 0. The Bertz CT molecular complexity index is 373. The average molecular weight is 217 g/mol. The summed E-state index contributed by atoms with van der Waals surface area (Å²) in [7, 11) is 0. The van der Waals surface area contributed by atoms with Crippen molar-refractivity contribution in [2.45, 2.75) is 32.7 Å². The molecule has 0 amide bonds. The summed E-state index contributed by atoms with van der Waals surface area (Å²) in [4.78, 5) is 13.7. The second-order valence-electron chi connectivity index (χ2n) is 4.48. The van der Waals surface area contributed by atoms with Gasteiger partial charge in [0.15, 0.2) is 0 Å². The Morgan fingerprint density at radius 2 is 2.06 bits per heavy atom. The van der Waals surface area contributed by atoms with Crippen molar-refractivity contribution >= 4 is 5.78 Å². The summed E-state index contributed by atoms with van der Waals surface area (Å²) in [6.07, 6.45) is 2.96. The number of carbonyl (C=O) groups is 1. The van der Waals surface area contributed by atoms with Crippen molar-refractivity contribution in [3.05, 3.63) is 35.4 Å². The molecule has 0 N–H and O–H groups in total. The number of aryl methyl sites for hydroxylation is 1. The Morgan fingerprint density at radius 3 is 2.81 bits per heavy atom. The minimum Gasteiger partial charge on any atom is -0.298 e. The zero-order valence-corrected chi connectivity index (χ0v) is 9.91. The highest BCUT2D eigenvalue weighted by atomic mass is 16.1. The fourth-order valence-corrected chi connectivity index (χ4v) is 2.26. The number of hydrogen-bond acceptors (Lipinski definition) is 2. The van der Waals surface area contributed by atoms with Crippen LogP contribution < -0.4 is 0 Å². The highest BCUT2D eigenvalue weighted by Gasteiger charge is 2.15. The summed E-state index contributed by atoms with van der Waals surface area (Å²) in [5.74, 6) is 0.347. The molecule has 0 bridgehead atoms. The van der Waals surface area contributed by atoms with E-state index in [4.69, 9.17) is 0 Å². The van der Waals surface area contributed by atoms with E-state index in [1.807, 2.05) is 6.92 Å². The third kappa shape index (κ3) is 2.70. The van der Waals surface area contributed by atoms with Gasteiger partial charge >= 0.3 is 0 Å². The molecule has 0 atom stereocenters. The van der Waals surface area contributed by atoms with Crippen molar-refractivity contribution in [1.82, 2.24) is 4.90 Å². The Labute approximate surface area is 97.3 Å². The van der Waals surface area contributed by atoms with Crippen LogP contribution in [0, 0.1) is 0 Å². The summed E-state index contributed by atoms with van der Waals surface area (Å²) in [5.41, 5.74) is 2.85. The molecule has 86 valence electrons. The number of carbonyl (C=O) groups excluding carboxylic acids is 1. The van der Waals surface area contributed by atoms with Crippen LogP contribution in [0.1, 0.15) is 30.9 Å². The van der Waals surface area contributed by atoms with Crippen LogP contribution in [0.15, 0.2) is 24.3 Å². The molecule has 0 aliphatic carbocycles. The summed E-state index contributed by atoms with van der Waals surface area (Å²) in [6, 6.07) is 8.58. The monoisotopic (exact) mass is 217 g/mol. The molecule has 2 rings (SSSR count). The van der Waals surface area contributed by atoms with E-state index in [1.54, 1.807) is 0 Å². The van der Waals surface area contributed by atoms with Gasteiger partial charge in [0.1, 0.15) is 5.78 Å². The van der Waals surface area contributed by atoms with Gasteiger partial charge in [0.05, 0.1) is 6.54 Å². The molecule has 0 spiro atoms. The second kappa shape index (κ2) is 5.26. The molecule has 1 heterocycles. The van der Waals surface area contributed by atoms with Crippen LogP contribution in [-0.4, -0.2) is 23.8 Å². The minimum absolute atomic E-state index is 0.347. The fourth-order valence-electron chi connectivity index (χ4n) is 2.26. The highest BCUT2D eigenvalue weighted by molar-refractivity contribution is 5.80. The molecular weight excluding hydrogens is 198 g/mol. The van der Waals surface area contributed by atoms with Gasteiger partial charge in [-0.25, -0.2) is 0 Å². The van der Waals surface area contributed by atoms with E-state index < -0.39 is 0 Å². The first-order valence-electron chi connectivity index (χ1n) is 6.10. The zero-order chi connectivity index (χ0) is 11.4. The lowest BCUT2D eigenvalue weighted by Gasteiger charge is -2.19. The molecule has 0 unspecified atom stereocenters. The highest BCUT2D eigenvalue weighted by Crippen LogP contribution is 2.18. The molecule has 0 saturated heterocycles. The van der Waals surface area contributed by atoms with Gasteiger partial charge in [-0.1, -0.05) is 31.2 Å². The SMILES string of the molecule is CCC(=O)CN1CCCc2ccccc2C1. The molecule has 2 nitrogen and oxygen atoms in total. The van der Waals surface area contributed by atoms with Crippen LogP contribution in [0.4, 0.5) is 0 Å². The van der Waals surface area contributed by atoms with Crippen LogP contribution in [0.3, 0.4) is 0 Å². The smallest absolute Gasteiger partial charge is 0.146 e. The summed E-state index contributed by atoms with van der Waals surface area (Å²) < 4.78 is 0. The summed E-state index contributed by atoms with van der Waals surface area (Å²) in [5, 5.41) is 0. The van der Waals surface area contributed by atoms with Crippen LogP contribution in [-0.2, 0) is 17.8 Å². The van der Waals surface area contributed by atoms with Gasteiger partial charge < -0.3 is 0 Å². The number of ketones is 1. The lowest BCUT2D eigenvalue weighted by Crippen LogP contribution is -2.29. The first-order chi connectivity index (χ1) is 7.79. The Balaban J connectivity index is 2.07. The molecular formula is C14H19NO. The van der Waals surface area contributed by atoms with Gasteiger partial charge in [-0.2, -0.15) is 0 Å². The molecule has 1 aromatic rings. The predicted octanol–water partition coefficient (Wildman–Crippen LogP) is 2.41. The van der Waals surface area contributed by atoms with Gasteiger partial charge in [0, 0.05) is 13.0 Å². The Kier molecular flexibility index (Phi) is 3.73. The number of nitrogens with zero attached hydrogens (tertiary/aromatic N) is 1. The van der Waals surface area contributed by atoms with Crippen LogP contribution >= 0.6 is 0 Å². The third-order valence-electron chi connectivity index (χ3n) is 3.23. The van der Waals surface area contributed by atoms with Crippen LogP contribution in [0.5, 0.6) is 0 Å². The van der Waals surface area contributed by atoms with Crippen molar-refractivity contribution in [3.8, 4) is 0 Å². The van der Waals surface area contributed by atoms with E-state index in [-0.39, 0.29) is 0 Å². The average Bonchev–Trinajstić information content (AvgIpc) is 2.50. The Hall–Kier alpha value is -1.15. The lowest BCUT2D eigenvalue weighted by molar-refractivity contribution is -0.120. The number of Topliss-reactive ketones (excluding diaryl/α,β-unsaturated/α-hetero) is 1. The number of fused-ring (bicyclic) bond motifs is 1. The van der Waals surface area contributed by atoms with E-state index in [2.05, 4.69) is 29.2 Å². The normalized spacial score (nSPS) is 16.6. The zero-order valence-electron chi connectivity index (χ0n) is 9.91. The maximum absolute atomic E-state index is 11.5. The van der Waals surface area contributed by atoms with Crippen molar-refractivity contribution in [1.29, 1.82) is 0 Å². The molecule has 0 aromatic heterocycles. The van der Waals surface area contributed by atoms with Gasteiger partial charge in [-0.15, -0.1) is 0 Å². The Morgan fingerprint density at radius 1 is 1.31 bits per heavy atom. The van der Waals surface area contributed by atoms with Crippen LogP contribution in [0.25, 0.3) is 0 Å². The van der Waals surface area contributed by atoms with E-state index in [1.165, 1.54) is 11.1 Å². The van der Waals surface area contributed by atoms with Crippen molar-refractivity contribution in [2.75, 3.05) is 13.1 Å². The molecule has 0 fully saturated rings. The standard InChI is InChI=1S/C14H19NO/c1-2-14(16)11-15-9-5-8-12-6-3-4-7-13(12)10-15/h3-4,6-7H,2,5,8-11H2,1H3. The van der Waals surface area contributed by atoms with E-state index >= 15 is 0 Å². The van der Waals surface area contributed by atoms with E-state index in [9.17, 15) is 4.79 Å². The van der Waals surface area contributed by atoms with E-state index in [0.29, 0.717) is 18.7 Å². The molecule has 0 radical (unpaired) electrons. The molecule has 1 aliphatic rings. The van der Waals surface area contributed by atoms with Crippen molar-refractivity contribution in [2.24, 2.45) is 0 Å². The quantitative estimate of drug-likeness (QED) is 0.775. The first-order valence-corrected chi connectivity index (χ1v) is 6.10. The maximum atomic E-state index is 11.5. The molecule has 2 heteroatoms. The molecule has 16 heavy (non-hydrogen) atoms. The second-order valence-corrected chi connectivity index (χ2v) is 4.48. The maximum Gasteiger partial charge on any atom is 0.146 e. The fraction of sp³-hybridized carbons (Fsp3) is 0.500.